The smallest absolute Gasteiger partial charge is 0.278 e. The van der Waals surface area contributed by atoms with Crippen LogP contribution in [0.25, 0.3) is 0 Å². The molecule has 0 aromatic heterocycles. The summed E-state index contributed by atoms with van der Waals surface area (Å²) in [5, 5.41) is 10.7. The first-order valence-electron chi connectivity index (χ1n) is 4.69. The predicted octanol–water partition coefficient (Wildman–Crippen LogP) is 2.81. The van der Waals surface area contributed by atoms with E-state index in [1.54, 1.807) is 24.4 Å². The summed E-state index contributed by atoms with van der Waals surface area (Å²) in [6, 6.07) is 6.57. The molecule has 0 unspecified atom stereocenters. The minimum Gasteiger partial charge on any atom is -0.287 e. The van der Waals surface area contributed by atoms with Gasteiger partial charge in [-0.1, -0.05) is 12.1 Å². The van der Waals surface area contributed by atoms with Crippen molar-refractivity contribution in [2.24, 2.45) is 4.99 Å². The highest BCUT2D eigenvalue weighted by Gasteiger charge is 2.11. The quantitative estimate of drug-likeness (QED) is 0.424. The Morgan fingerprint density at radius 3 is 2.47 bits per heavy atom. The van der Waals surface area contributed by atoms with Gasteiger partial charge in [-0.25, -0.2) is 0 Å². The number of para-hydroxylation sites is 1. The average Bonchev–Trinajstić information content (AvgIpc) is 2.14. The number of nitro benzene ring substituents is 1. The number of nitro groups is 1. The number of hydrogen-bond donors (Lipinski definition) is 0. The van der Waals surface area contributed by atoms with Crippen LogP contribution in [0.1, 0.15) is 26.3 Å². The van der Waals surface area contributed by atoms with Crippen LogP contribution < -0.4 is 0 Å². The Labute approximate surface area is 88.8 Å². The van der Waals surface area contributed by atoms with Crippen LogP contribution in [0.5, 0.6) is 0 Å². The molecule has 1 aromatic carbocycles. The van der Waals surface area contributed by atoms with Gasteiger partial charge in [0.2, 0.25) is 0 Å². The fourth-order valence-corrected chi connectivity index (χ4v) is 1.03. The molecule has 0 amide bonds. The molecule has 0 bridgehead atoms. The van der Waals surface area contributed by atoms with Crippen LogP contribution in [0, 0.1) is 10.1 Å². The molecule has 4 heteroatoms. The van der Waals surface area contributed by atoms with Gasteiger partial charge in [0.05, 0.1) is 16.0 Å². The topological polar surface area (TPSA) is 55.5 Å². The summed E-state index contributed by atoms with van der Waals surface area (Å²) in [5.74, 6) is 0. The van der Waals surface area contributed by atoms with E-state index in [-0.39, 0.29) is 11.2 Å². The van der Waals surface area contributed by atoms with Crippen LogP contribution in [0.15, 0.2) is 29.3 Å². The van der Waals surface area contributed by atoms with E-state index in [2.05, 4.69) is 4.99 Å². The lowest BCUT2D eigenvalue weighted by Gasteiger charge is -2.10. The molecule has 1 aromatic rings. The summed E-state index contributed by atoms with van der Waals surface area (Å²) in [7, 11) is 0. The molecule has 1 rings (SSSR count). The monoisotopic (exact) mass is 206 g/mol. The van der Waals surface area contributed by atoms with Gasteiger partial charge in [0, 0.05) is 12.3 Å². The van der Waals surface area contributed by atoms with Gasteiger partial charge in [-0.15, -0.1) is 0 Å². The second-order valence-corrected chi connectivity index (χ2v) is 4.24. The summed E-state index contributed by atoms with van der Waals surface area (Å²) >= 11 is 0. The highest BCUT2D eigenvalue weighted by molar-refractivity contribution is 5.85. The van der Waals surface area contributed by atoms with Crippen molar-refractivity contribution in [1.29, 1.82) is 0 Å². The van der Waals surface area contributed by atoms with Crippen molar-refractivity contribution >= 4 is 11.9 Å². The molecule has 80 valence electrons. The highest BCUT2D eigenvalue weighted by Crippen LogP contribution is 2.16. The number of nitrogens with zero attached hydrogens (tertiary/aromatic N) is 2. The Morgan fingerprint density at radius 2 is 1.93 bits per heavy atom. The van der Waals surface area contributed by atoms with Crippen LogP contribution >= 0.6 is 0 Å². The van der Waals surface area contributed by atoms with Gasteiger partial charge in [-0.05, 0) is 26.8 Å². The van der Waals surface area contributed by atoms with Gasteiger partial charge in [0.25, 0.3) is 5.69 Å². The van der Waals surface area contributed by atoms with Gasteiger partial charge in [-0.3, -0.25) is 15.1 Å². The number of benzene rings is 1. The Balaban J connectivity index is 3.05. The molecule has 0 saturated heterocycles. The third kappa shape index (κ3) is 3.50. The van der Waals surface area contributed by atoms with Crippen LogP contribution in [0.2, 0.25) is 0 Å². The number of hydrogen-bond acceptors (Lipinski definition) is 3. The third-order valence-corrected chi connectivity index (χ3v) is 1.72. The highest BCUT2D eigenvalue weighted by atomic mass is 16.6. The molecule has 0 heterocycles. The maximum Gasteiger partial charge on any atom is 0.278 e. The van der Waals surface area contributed by atoms with Crippen molar-refractivity contribution in [3.8, 4) is 0 Å². The van der Waals surface area contributed by atoms with Crippen molar-refractivity contribution in [3.63, 3.8) is 0 Å². The molecule has 0 aliphatic carbocycles. The largest absolute Gasteiger partial charge is 0.287 e. The molecule has 0 fully saturated rings. The van der Waals surface area contributed by atoms with Gasteiger partial charge < -0.3 is 0 Å². The zero-order valence-electron chi connectivity index (χ0n) is 9.10. The molecule has 0 atom stereocenters. The van der Waals surface area contributed by atoms with Gasteiger partial charge in [0.15, 0.2) is 0 Å². The molecule has 0 radical (unpaired) electrons. The lowest BCUT2D eigenvalue weighted by molar-refractivity contribution is -0.385. The fourth-order valence-electron chi connectivity index (χ4n) is 1.03. The van der Waals surface area contributed by atoms with Gasteiger partial charge in [0.1, 0.15) is 0 Å². The Hall–Kier alpha value is -1.71. The zero-order valence-corrected chi connectivity index (χ0v) is 9.10. The van der Waals surface area contributed by atoms with E-state index in [4.69, 9.17) is 0 Å². The lowest BCUT2D eigenvalue weighted by atomic mass is 10.1. The Morgan fingerprint density at radius 1 is 1.33 bits per heavy atom. The van der Waals surface area contributed by atoms with E-state index in [9.17, 15) is 10.1 Å². The van der Waals surface area contributed by atoms with E-state index in [1.165, 1.54) is 6.07 Å². The first-order chi connectivity index (χ1) is 6.90. The van der Waals surface area contributed by atoms with Crippen LogP contribution in [-0.4, -0.2) is 16.7 Å². The van der Waals surface area contributed by atoms with Gasteiger partial charge >= 0.3 is 0 Å². The first-order valence-corrected chi connectivity index (χ1v) is 4.69. The Bertz CT molecular complexity index is 392. The number of aliphatic imine (C=N–C) groups is 1. The first kappa shape index (κ1) is 11.4. The molecular formula is C11H14N2O2. The molecular weight excluding hydrogens is 192 g/mol. The van der Waals surface area contributed by atoms with Crippen LogP contribution in [-0.2, 0) is 0 Å². The van der Waals surface area contributed by atoms with Crippen molar-refractivity contribution < 1.29 is 4.92 Å². The van der Waals surface area contributed by atoms with E-state index < -0.39 is 4.92 Å². The number of rotatable bonds is 2. The summed E-state index contributed by atoms with van der Waals surface area (Å²) in [4.78, 5) is 14.5. The molecule has 0 aliphatic heterocycles. The summed E-state index contributed by atoms with van der Waals surface area (Å²) in [6.45, 7) is 5.83. The van der Waals surface area contributed by atoms with Crippen LogP contribution in [0.4, 0.5) is 5.69 Å². The van der Waals surface area contributed by atoms with Crippen molar-refractivity contribution in [2.75, 3.05) is 0 Å². The van der Waals surface area contributed by atoms with E-state index in [0.29, 0.717) is 5.56 Å². The molecule has 0 spiro atoms. The lowest BCUT2D eigenvalue weighted by Crippen LogP contribution is -2.10. The van der Waals surface area contributed by atoms with E-state index in [1.807, 2.05) is 20.8 Å². The second-order valence-electron chi connectivity index (χ2n) is 4.24. The molecule has 0 saturated carbocycles. The minimum absolute atomic E-state index is 0.0884. The average molecular weight is 206 g/mol. The zero-order chi connectivity index (χ0) is 11.5. The summed E-state index contributed by atoms with van der Waals surface area (Å²) < 4.78 is 0. The van der Waals surface area contributed by atoms with E-state index >= 15 is 0 Å². The van der Waals surface area contributed by atoms with Crippen molar-refractivity contribution in [1.82, 2.24) is 0 Å². The maximum absolute atomic E-state index is 10.7. The fraction of sp³-hybridized carbons (Fsp3) is 0.364. The molecule has 0 aliphatic rings. The maximum atomic E-state index is 10.7. The molecule has 4 nitrogen and oxygen atoms in total. The predicted molar refractivity (Wildman–Crippen MR) is 60.4 cm³/mol. The molecule has 15 heavy (non-hydrogen) atoms. The second kappa shape index (κ2) is 4.21. The van der Waals surface area contributed by atoms with E-state index in [0.717, 1.165) is 0 Å². The van der Waals surface area contributed by atoms with Crippen molar-refractivity contribution in [3.05, 3.63) is 39.9 Å². The van der Waals surface area contributed by atoms with Crippen LogP contribution in [0.3, 0.4) is 0 Å². The normalized spacial score (nSPS) is 11.9. The summed E-state index contributed by atoms with van der Waals surface area (Å²) in [5.41, 5.74) is 0.409. The standard InChI is InChI=1S/C11H14N2O2/c1-11(2,3)12-8-9-6-4-5-7-10(9)13(14)15/h4-8H,1-3H3. The minimum atomic E-state index is -0.399. The third-order valence-electron chi connectivity index (χ3n) is 1.72. The van der Waals surface area contributed by atoms with Gasteiger partial charge in [-0.2, -0.15) is 0 Å². The van der Waals surface area contributed by atoms with Crippen molar-refractivity contribution in [2.45, 2.75) is 26.3 Å². The molecule has 0 N–H and O–H groups in total. The SMILES string of the molecule is CC(C)(C)N=Cc1ccccc1[N+](=O)[O-]. The Kier molecular flexibility index (Phi) is 3.19. The summed E-state index contributed by atoms with van der Waals surface area (Å²) in [6.07, 6.45) is 1.55.